The molecule has 0 bridgehead atoms. The first-order valence-corrected chi connectivity index (χ1v) is 6.63. The molecule has 0 amide bonds. The smallest absolute Gasteiger partial charge is 0.123 e. The highest BCUT2D eigenvalue weighted by Gasteiger charge is 2.22. The fraction of sp³-hybridized carbons (Fsp3) is 0.600. The quantitative estimate of drug-likeness (QED) is 0.847. The van der Waals surface area contributed by atoms with Crippen LogP contribution >= 0.6 is 0 Å². The van der Waals surface area contributed by atoms with Crippen molar-refractivity contribution in [3.05, 3.63) is 29.3 Å². The van der Waals surface area contributed by atoms with E-state index in [-0.39, 0.29) is 6.10 Å². The Hall–Kier alpha value is -1.02. The van der Waals surface area contributed by atoms with Crippen molar-refractivity contribution >= 4 is 0 Å². The van der Waals surface area contributed by atoms with Crippen molar-refractivity contribution in [1.82, 2.24) is 0 Å². The van der Waals surface area contributed by atoms with Crippen LogP contribution in [0, 0.1) is 6.92 Å². The van der Waals surface area contributed by atoms with Crippen LogP contribution in [-0.4, -0.2) is 17.3 Å². The number of hydrogen-bond acceptors (Lipinski definition) is 2. The number of aliphatic hydroxyl groups is 1. The van der Waals surface area contributed by atoms with Crippen molar-refractivity contribution in [2.45, 2.75) is 58.2 Å². The van der Waals surface area contributed by atoms with Gasteiger partial charge < -0.3 is 9.84 Å². The highest BCUT2D eigenvalue weighted by molar-refractivity contribution is 5.40. The van der Waals surface area contributed by atoms with Crippen LogP contribution in [0.4, 0.5) is 0 Å². The number of aryl methyl sites for hydroxylation is 1. The molecule has 1 aliphatic rings. The Bertz CT molecular complexity index is 373. The molecular formula is C15H22O2. The molecule has 0 saturated heterocycles. The third-order valence-electron chi connectivity index (χ3n) is 3.49. The van der Waals surface area contributed by atoms with Gasteiger partial charge in [-0.1, -0.05) is 24.6 Å². The molecular weight excluding hydrogens is 212 g/mol. The Morgan fingerprint density at radius 2 is 2.29 bits per heavy atom. The molecule has 2 atom stereocenters. The van der Waals surface area contributed by atoms with Crippen molar-refractivity contribution in [2.75, 3.05) is 0 Å². The van der Waals surface area contributed by atoms with E-state index in [9.17, 15) is 5.11 Å². The van der Waals surface area contributed by atoms with Crippen LogP contribution < -0.4 is 4.74 Å². The van der Waals surface area contributed by atoms with Gasteiger partial charge >= 0.3 is 0 Å². The maximum atomic E-state index is 9.50. The molecule has 1 aliphatic heterocycles. The second-order valence-corrected chi connectivity index (χ2v) is 5.05. The Morgan fingerprint density at radius 1 is 1.47 bits per heavy atom. The number of fused-ring (bicyclic) bond motifs is 1. The molecule has 0 aliphatic carbocycles. The van der Waals surface area contributed by atoms with Gasteiger partial charge in [0.2, 0.25) is 0 Å². The number of hydrogen-bond donors (Lipinski definition) is 1. The van der Waals surface area contributed by atoms with Crippen molar-refractivity contribution < 1.29 is 9.84 Å². The fourth-order valence-corrected chi connectivity index (χ4v) is 2.40. The van der Waals surface area contributed by atoms with Crippen molar-refractivity contribution in [3.63, 3.8) is 0 Å². The molecule has 2 unspecified atom stereocenters. The van der Waals surface area contributed by atoms with E-state index in [1.807, 2.05) is 6.92 Å². The lowest BCUT2D eigenvalue weighted by atomic mass is 10.0. The van der Waals surface area contributed by atoms with E-state index in [1.165, 1.54) is 11.1 Å². The molecule has 0 radical (unpaired) electrons. The van der Waals surface area contributed by atoms with Gasteiger partial charge in [-0.2, -0.15) is 0 Å². The first-order valence-electron chi connectivity index (χ1n) is 6.63. The first-order chi connectivity index (χ1) is 8.19. The third kappa shape index (κ3) is 3.22. The van der Waals surface area contributed by atoms with Gasteiger partial charge in [-0.05, 0) is 44.2 Å². The summed E-state index contributed by atoms with van der Waals surface area (Å²) >= 11 is 0. The fourth-order valence-electron chi connectivity index (χ4n) is 2.40. The van der Waals surface area contributed by atoms with E-state index < -0.39 is 0 Å². The predicted octanol–water partition coefficient (Wildman–Crippen LogP) is 3.24. The lowest BCUT2D eigenvalue weighted by molar-refractivity contribution is 0.146. The first kappa shape index (κ1) is 12.4. The summed E-state index contributed by atoms with van der Waals surface area (Å²) in [5, 5.41) is 9.50. The van der Waals surface area contributed by atoms with Crippen LogP contribution in [0.1, 0.15) is 43.7 Å². The average Bonchev–Trinajstić information content (AvgIpc) is 2.70. The summed E-state index contributed by atoms with van der Waals surface area (Å²) in [6.07, 6.45) is 5.05. The highest BCUT2D eigenvalue weighted by Crippen LogP contribution is 2.31. The number of ether oxygens (including phenoxy) is 1. The van der Waals surface area contributed by atoms with Crippen LogP contribution in [-0.2, 0) is 6.42 Å². The Labute approximate surface area is 104 Å². The van der Waals surface area contributed by atoms with E-state index in [0.29, 0.717) is 6.10 Å². The van der Waals surface area contributed by atoms with Crippen LogP contribution in [0.25, 0.3) is 0 Å². The molecule has 2 nitrogen and oxygen atoms in total. The highest BCUT2D eigenvalue weighted by atomic mass is 16.5. The van der Waals surface area contributed by atoms with E-state index in [0.717, 1.165) is 37.9 Å². The van der Waals surface area contributed by atoms with Crippen molar-refractivity contribution in [1.29, 1.82) is 0 Å². The van der Waals surface area contributed by atoms with E-state index in [2.05, 4.69) is 25.1 Å². The Morgan fingerprint density at radius 3 is 3.06 bits per heavy atom. The largest absolute Gasteiger partial charge is 0.490 e. The van der Waals surface area contributed by atoms with Crippen LogP contribution in [0.5, 0.6) is 5.75 Å². The molecule has 0 spiro atoms. The van der Waals surface area contributed by atoms with Gasteiger partial charge in [0.1, 0.15) is 11.9 Å². The number of rotatable bonds is 5. The summed E-state index contributed by atoms with van der Waals surface area (Å²) in [4.78, 5) is 0. The van der Waals surface area contributed by atoms with Crippen LogP contribution in [0.2, 0.25) is 0 Å². The lowest BCUT2D eigenvalue weighted by Gasteiger charge is -2.12. The van der Waals surface area contributed by atoms with Gasteiger partial charge in [0.05, 0.1) is 6.10 Å². The monoisotopic (exact) mass is 234 g/mol. The molecule has 1 N–H and O–H groups in total. The minimum absolute atomic E-state index is 0.138. The summed E-state index contributed by atoms with van der Waals surface area (Å²) in [6.45, 7) is 4.14. The topological polar surface area (TPSA) is 29.5 Å². The van der Waals surface area contributed by atoms with E-state index in [4.69, 9.17) is 4.74 Å². The summed E-state index contributed by atoms with van der Waals surface area (Å²) in [6, 6.07) is 6.39. The molecule has 1 aromatic rings. The Balaban J connectivity index is 1.80. The van der Waals surface area contributed by atoms with Crippen LogP contribution in [0.3, 0.4) is 0 Å². The molecule has 2 heteroatoms. The normalized spacial score (nSPS) is 19.8. The summed E-state index contributed by atoms with van der Waals surface area (Å²) in [5.74, 6) is 1.05. The van der Waals surface area contributed by atoms with Crippen molar-refractivity contribution in [3.8, 4) is 5.75 Å². The minimum Gasteiger partial charge on any atom is -0.490 e. The second kappa shape index (κ2) is 5.54. The predicted molar refractivity (Wildman–Crippen MR) is 69.4 cm³/mol. The van der Waals surface area contributed by atoms with Crippen LogP contribution in [0.15, 0.2) is 18.2 Å². The zero-order chi connectivity index (χ0) is 12.3. The van der Waals surface area contributed by atoms with Gasteiger partial charge in [0, 0.05) is 6.42 Å². The maximum absolute atomic E-state index is 9.50. The second-order valence-electron chi connectivity index (χ2n) is 5.05. The van der Waals surface area contributed by atoms with E-state index >= 15 is 0 Å². The Kier molecular flexibility index (Phi) is 4.06. The molecule has 0 fully saturated rings. The molecule has 0 saturated carbocycles. The number of benzene rings is 1. The zero-order valence-electron chi connectivity index (χ0n) is 10.8. The van der Waals surface area contributed by atoms with Gasteiger partial charge in [-0.25, -0.2) is 0 Å². The van der Waals surface area contributed by atoms with Gasteiger partial charge in [0.15, 0.2) is 0 Å². The molecule has 0 aromatic heterocycles. The maximum Gasteiger partial charge on any atom is 0.123 e. The van der Waals surface area contributed by atoms with Gasteiger partial charge in [0.25, 0.3) is 0 Å². The minimum atomic E-state index is -0.138. The zero-order valence-corrected chi connectivity index (χ0v) is 10.8. The molecule has 94 valence electrons. The average molecular weight is 234 g/mol. The summed E-state index contributed by atoms with van der Waals surface area (Å²) in [5.41, 5.74) is 2.64. The molecule has 17 heavy (non-hydrogen) atoms. The van der Waals surface area contributed by atoms with Gasteiger partial charge in [-0.3, -0.25) is 0 Å². The molecule has 1 aromatic carbocycles. The summed E-state index contributed by atoms with van der Waals surface area (Å²) < 4.78 is 5.90. The van der Waals surface area contributed by atoms with Crippen molar-refractivity contribution in [2.24, 2.45) is 0 Å². The molecule has 2 rings (SSSR count). The summed E-state index contributed by atoms with van der Waals surface area (Å²) in [7, 11) is 0. The third-order valence-corrected chi connectivity index (χ3v) is 3.49. The molecule has 1 heterocycles. The van der Waals surface area contributed by atoms with E-state index in [1.54, 1.807) is 0 Å². The lowest BCUT2D eigenvalue weighted by Crippen LogP contribution is -2.14. The number of aliphatic hydroxyl groups excluding tert-OH is 1. The SMILES string of the molecule is CCC(O)CCCC1Cc2cc(C)ccc2O1. The standard InChI is InChI=1S/C15H22O2/c1-3-13(16)5-4-6-14-10-12-9-11(2)7-8-15(12)17-14/h7-9,13-14,16H,3-6,10H2,1-2H3. The van der Waals surface area contributed by atoms with Gasteiger partial charge in [-0.15, -0.1) is 0 Å².